The molecule has 0 atom stereocenters. The molecule has 1 aromatic heterocycles. The third-order valence-electron chi connectivity index (χ3n) is 1.43. The summed E-state index contributed by atoms with van der Waals surface area (Å²) in [5, 5.41) is 12.2. The SMILES string of the molecule is Cn1nnnc1SCCSC(C)(C)C. The Hall–Kier alpha value is -0.230. The van der Waals surface area contributed by atoms with Gasteiger partial charge in [0.25, 0.3) is 0 Å². The molecule has 1 heterocycles. The van der Waals surface area contributed by atoms with Gasteiger partial charge in [0.05, 0.1) is 0 Å². The van der Waals surface area contributed by atoms with E-state index in [1.54, 1.807) is 16.4 Å². The number of hydrogen-bond donors (Lipinski definition) is 0. The van der Waals surface area contributed by atoms with Crippen LogP contribution in [0.5, 0.6) is 0 Å². The van der Waals surface area contributed by atoms with Crippen LogP contribution in [0.1, 0.15) is 20.8 Å². The molecule has 0 bridgehead atoms. The maximum Gasteiger partial charge on any atom is 0.209 e. The number of aromatic nitrogens is 4. The Bertz CT molecular complexity index is 279. The molecule has 0 fully saturated rings. The molecule has 6 heteroatoms. The summed E-state index contributed by atoms with van der Waals surface area (Å²) >= 11 is 3.66. The average molecular weight is 232 g/mol. The minimum atomic E-state index is 0.346. The summed E-state index contributed by atoms with van der Waals surface area (Å²) in [6.45, 7) is 6.69. The molecule has 1 rings (SSSR count). The lowest BCUT2D eigenvalue weighted by atomic mass is 10.3. The second-order valence-electron chi connectivity index (χ2n) is 3.89. The van der Waals surface area contributed by atoms with Gasteiger partial charge in [-0.3, -0.25) is 0 Å². The quantitative estimate of drug-likeness (QED) is 0.585. The van der Waals surface area contributed by atoms with Crippen molar-refractivity contribution in [2.75, 3.05) is 11.5 Å². The van der Waals surface area contributed by atoms with Crippen LogP contribution in [0.4, 0.5) is 0 Å². The number of nitrogens with zero attached hydrogens (tertiary/aromatic N) is 4. The summed E-state index contributed by atoms with van der Waals surface area (Å²) in [4.78, 5) is 0. The highest BCUT2D eigenvalue weighted by Crippen LogP contribution is 2.25. The second-order valence-corrected chi connectivity index (χ2v) is 6.88. The van der Waals surface area contributed by atoms with E-state index in [1.807, 2.05) is 18.8 Å². The van der Waals surface area contributed by atoms with Crippen LogP contribution in [0.15, 0.2) is 5.16 Å². The van der Waals surface area contributed by atoms with E-state index in [0.717, 1.165) is 16.7 Å². The number of rotatable bonds is 4. The first-order chi connectivity index (χ1) is 6.49. The lowest BCUT2D eigenvalue weighted by Crippen LogP contribution is -2.09. The molecule has 0 unspecified atom stereocenters. The van der Waals surface area contributed by atoms with Crippen LogP contribution in [-0.2, 0) is 7.05 Å². The van der Waals surface area contributed by atoms with Crippen molar-refractivity contribution < 1.29 is 0 Å². The number of tetrazole rings is 1. The van der Waals surface area contributed by atoms with E-state index in [2.05, 4.69) is 36.3 Å². The molecule has 0 aromatic carbocycles. The summed E-state index contributed by atoms with van der Waals surface area (Å²) < 4.78 is 2.05. The summed E-state index contributed by atoms with van der Waals surface area (Å²) in [5.74, 6) is 2.18. The van der Waals surface area contributed by atoms with Crippen LogP contribution in [-0.4, -0.2) is 36.5 Å². The van der Waals surface area contributed by atoms with Crippen LogP contribution in [0.3, 0.4) is 0 Å². The van der Waals surface area contributed by atoms with Gasteiger partial charge in [0, 0.05) is 23.3 Å². The Morgan fingerprint density at radius 2 is 2.00 bits per heavy atom. The van der Waals surface area contributed by atoms with Crippen molar-refractivity contribution in [3.63, 3.8) is 0 Å². The lowest BCUT2D eigenvalue weighted by molar-refractivity contribution is 0.665. The van der Waals surface area contributed by atoms with Crippen molar-refractivity contribution in [2.24, 2.45) is 7.05 Å². The summed E-state index contributed by atoms with van der Waals surface area (Å²) in [7, 11) is 1.86. The molecular formula is C8H16N4S2. The zero-order valence-electron chi connectivity index (χ0n) is 9.02. The summed E-state index contributed by atoms with van der Waals surface area (Å²) in [6.07, 6.45) is 0. The predicted molar refractivity (Wildman–Crippen MR) is 61.7 cm³/mol. The fourth-order valence-corrected chi connectivity index (χ4v) is 2.60. The molecule has 0 amide bonds. The van der Waals surface area contributed by atoms with E-state index in [4.69, 9.17) is 0 Å². The smallest absolute Gasteiger partial charge is 0.209 e. The predicted octanol–water partition coefficient (Wildman–Crippen LogP) is 1.83. The van der Waals surface area contributed by atoms with Crippen LogP contribution >= 0.6 is 23.5 Å². The highest BCUT2D eigenvalue weighted by Gasteiger charge is 2.10. The van der Waals surface area contributed by atoms with Gasteiger partial charge in [-0.25, -0.2) is 4.68 Å². The zero-order chi connectivity index (χ0) is 10.6. The molecule has 0 N–H and O–H groups in total. The van der Waals surface area contributed by atoms with Crippen molar-refractivity contribution in [3.8, 4) is 0 Å². The average Bonchev–Trinajstić information content (AvgIpc) is 2.44. The van der Waals surface area contributed by atoms with Gasteiger partial charge in [0.15, 0.2) is 0 Å². The lowest BCUT2D eigenvalue weighted by Gasteiger charge is -2.16. The van der Waals surface area contributed by atoms with Gasteiger partial charge in [0.1, 0.15) is 0 Å². The molecular weight excluding hydrogens is 216 g/mol. The Morgan fingerprint density at radius 1 is 1.29 bits per heavy atom. The summed E-state index contributed by atoms with van der Waals surface area (Å²) in [5.41, 5.74) is 0. The van der Waals surface area contributed by atoms with E-state index in [0.29, 0.717) is 4.75 Å². The van der Waals surface area contributed by atoms with Crippen LogP contribution in [0.2, 0.25) is 0 Å². The highest BCUT2D eigenvalue weighted by atomic mass is 32.2. The molecule has 0 saturated carbocycles. The van der Waals surface area contributed by atoms with Gasteiger partial charge in [-0.1, -0.05) is 32.5 Å². The Balaban J connectivity index is 2.20. The van der Waals surface area contributed by atoms with E-state index < -0.39 is 0 Å². The van der Waals surface area contributed by atoms with Crippen LogP contribution in [0.25, 0.3) is 0 Å². The van der Waals surface area contributed by atoms with Gasteiger partial charge in [0.2, 0.25) is 5.16 Å². The zero-order valence-corrected chi connectivity index (χ0v) is 10.7. The van der Waals surface area contributed by atoms with E-state index in [-0.39, 0.29) is 0 Å². The first kappa shape index (κ1) is 11.8. The van der Waals surface area contributed by atoms with Crippen molar-refractivity contribution in [3.05, 3.63) is 0 Å². The molecule has 0 radical (unpaired) electrons. The fraction of sp³-hybridized carbons (Fsp3) is 0.875. The minimum absolute atomic E-state index is 0.346. The van der Waals surface area contributed by atoms with Crippen molar-refractivity contribution in [1.82, 2.24) is 20.2 Å². The molecule has 1 aromatic rings. The molecule has 0 spiro atoms. The minimum Gasteiger partial charge on any atom is -0.224 e. The number of hydrogen-bond acceptors (Lipinski definition) is 5. The molecule has 4 nitrogen and oxygen atoms in total. The molecule has 0 saturated heterocycles. The van der Waals surface area contributed by atoms with E-state index >= 15 is 0 Å². The molecule has 0 aliphatic heterocycles. The van der Waals surface area contributed by atoms with Gasteiger partial charge >= 0.3 is 0 Å². The van der Waals surface area contributed by atoms with Crippen molar-refractivity contribution in [1.29, 1.82) is 0 Å². The largest absolute Gasteiger partial charge is 0.224 e. The number of thioether (sulfide) groups is 2. The third-order valence-corrected chi connectivity index (χ3v) is 3.98. The normalized spacial score (nSPS) is 12.0. The molecule has 80 valence electrons. The fourth-order valence-electron chi connectivity index (χ4n) is 0.824. The van der Waals surface area contributed by atoms with Gasteiger partial charge in [-0.2, -0.15) is 11.8 Å². The van der Waals surface area contributed by atoms with E-state index in [1.165, 1.54) is 0 Å². The van der Waals surface area contributed by atoms with E-state index in [9.17, 15) is 0 Å². The Morgan fingerprint density at radius 3 is 2.50 bits per heavy atom. The monoisotopic (exact) mass is 232 g/mol. The van der Waals surface area contributed by atoms with Crippen molar-refractivity contribution in [2.45, 2.75) is 30.7 Å². The first-order valence-electron chi connectivity index (χ1n) is 4.48. The Labute approximate surface area is 93.2 Å². The van der Waals surface area contributed by atoms with Gasteiger partial charge in [-0.15, -0.1) is 5.10 Å². The number of aryl methyl sites for hydroxylation is 1. The topological polar surface area (TPSA) is 43.6 Å². The standard InChI is InChI=1S/C8H16N4S2/c1-8(2,3)14-6-5-13-7-9-10-11-12(7)4/h5-6H2,1-4H3. The molecule has 0 aliphatic rings. The third kappa shape index (κ3) is 4.32. The Kier molecular flexibility index (Phi) is 4.25. The maximum absolute atomic E-state index is 3.91. The second kappa shape index (κ2) is 5.02. The van der Waals surface area contributed by atoms with Gasteiger partial charge in [-0.05, 0) is 10.4 Å². The highest BCUT2D eigenvalue weighted by molar-refractivity contribution is 8.03. The van der Waals surface area contributed by atoms with Crippen molar-refractivity contribution >= 4 is 23.5 Å². The molecule has 14 heavy (non-hydrogen) atoms. The first-order valence-corrected chi connectivity index (χ1v) is 6.45. The molecule has 0 aliphatic carbocycles. The maximum atomic E-state index is 3.91. The van der Waals surface area contributed by atoms with Crippen LogP contribution in [0, 0.1) is 0 Å². The summed E-state index contributed by atoms with van der Waals surface area (Å²) in [6, 6.07) is 0. The van der Waals surface area contributed by atoms with Gasteiger partial charge < -0.3 is 0 Å². The van der Waals surface area contributed by atoms with Crippen LogP contribution < -0.4 is 0 Å².